The first-order valence-electron chi connectivity index (χ1n) is 7.73. The van der Waals surface area contributed by atoms with Gasteiger partial charge in [-0.05, 0) is 17.5 Å². The van der Waals surface area contributed by atoms with Gasteiger partial charge in [-0.2, -0.15) is 4.98 Å². The monoisotopic (exact) mass is 399 g/mol. The summed E-state index contributed by atoms with van der Waals surface area (Å²) in [5.74, 6) is 1.23. The molecule has 1 fully saturated rings. The van der Waals surface area contributed by atoms with Gasteiger partial charge in [-0.3, -0.25) is 9.69 Å². The molecule has 0 aromatic carbocycles. The molecule has 1 aliphatic heterocycles. The average Bonchev–Trinajstić information content (AvgIpc) is 3.30. The molecule has 10 heteroatoms. The van der Waals surface area contributed by atoms with Gasteiger partial charge in [0, 0.05) is 35.6 Å². The molecule has 7 nitrogen and oxygen atoms in total. The second kappa shape index (κ2) is 7.79. The van der Waals surface area contributed by atoms with Crippen LogP contribution in [0.3, 0.4) is 0 Å². The molecular weight excluding hydrogens is 382 g/mol. The van der Waals surface area contributed by atoms with Crippen molar-refractivity contribution in [1.82, 2.24) is 19.9 Å². The third-order valence-corrected chi connectivity index (χ3v) is 6.14. The van der Waals surface area contributed by atoms with Gasteiger partial charge in [0.15, 0.2) is 5.82 Å². The molecule has 3 aromatic heterocycles. The SMILES string of the molecule is Cl.NCc1nc(CN2CCN(C(=O)c3cc4sccc4s3)CC2)no1. The number of carbonyl (C=O) groups is 1. The summed E-state index contributed by atoms with van der Waals surface area (Å²) >= 11 is 3.25. The van der Waals surface area contributed by atoms with E-state index in [1.807, 2.05) is 11.0 Å². The Balaban J connectivity index is 0.00000182. The van der Waals surface area contributed by atoms with E-state index in [0.29, 0.717) is 31.3 Å². The number of aromatic nitrogens is 2. The van der Waals surface area contributed by atoms with Crippen molar-refractivity contribution in [2.24, 2.45) is 5.73 Å². The number of hydrogen-bond donors (Lipinski definition) is 1. The lowest BCUT2D eigenvalue weighted by atomic mass is 10.3. The molecule has 4 rings (SSSR count). The zero-order valence-electron chi connectivity index (χ0n) is 13.4. The lowest BCUT2D eigenvalue weighted by Gasteiger charge is -2.33. The summed E-state index contributed by atoms with van der Waals surface area (Å²) in [6.45, 7) is 3.92. The first-order valence-corrected chi connectivity index (χ1v) is 9.43. The van der Waals surface area contributed by atoms with E-state index < -0.39 is 0 Å². The predicted molar refractivity (Wildman–Crippen MR) is 100 cm³/mol. The van der Waals surface area contributed by atoms with E-state index in [1.165, 1.54) is 9.40 Å². The van der Waals surface area contributed by atoms with Crippen LogP contribution in [0.2, 0.25) is 0 Å². The fourth-order valence-electron chi connectivity index (χ4n) is 2.77. The van der Waals surface area contributed by atoms with Crippen LogP contribution in [0.4, 0.5) is 0 Å². The van der Waals surface area contributed by atoms with E-state index >= 15 is 0 Å². The van der Waals surface area contributed by atoms with Crippen molar-refractivity contribution >= 4 is 50.4 Å². The maximum atomic E-state index is 12.6. The Hall–Kier alpha value is -1.52. The van der Waals surface area contributed by atoms with Gasteiger partial charge >= 0.3 is 0 Å². The molecule has 1 aliphatic rings. The number of rotatable bonds is 4. The highest BCUT2D eigenvalue weighted by atomic mass is 35.5. The molecule has 0 atom stereocenters. The summed E-state index contributed by atoms with van der Waals surface area (Å²) in [4.78, 5) is 21.8. The zero-order chi connectivity index (χ0) is 16.5. The average molecular weight is 400 g/mol. The van der Waals surface area contributed by atoms with Gasteiger partial charge < -0.3 is 15.2 Å². The van der Waals surface area contributed by atoms with Gasteiger partial charge in [0.2, 0.25) is 5.89 Å². The van der Waals surface area contributed by atoms with Crippen LogP contribution >= 0.6 is 35.1 Å². The van der Waals surface area contributed by atoms with Crippen LogP contribution in [0.25, 0.3) is 9.40 Å². The molecule has 3 aromatic rings. The van der Waals surface area contributed by atoms with Gasteiger partial charge in [-0.1, -0.05) is 5.16 Å². The van der Waals surface area contributed by atoms with Crippen molar-refractivity contribution in [3.05, 3.63) is 34.1 Å². The minimum Gasteiger partial charge on any atom is -0.338 e. The van der Waals surface area contributed by atoms with Crippen LogP contribution < -0.4 is 5.73 Å². The summed E-state index contributed by atoms with van der Waals surface area (Å²) in [6.07, 6.45) is 0. The highest BCUT2D eigenvalue weighted by molar-refractivity contribution is 7.27. The molecule has 0 spiro atoms. The van der Waals surface area contributed by atoms with Crippen LogP contribution in [-0.4, -0.2) is 52.0 Å². The lowest BCUT2D eigenvalue weighted by molar-refractivity contribution is 0.0629. The Morgan fingerprint density at radius 1 is 1.28 bits per heavy atom. The summed E-state index contributed by atoms with van der Waals surface area (Å²) < 4.78 is 7.40. The van der Waals surface area contributed by atoms with E-state index in [0.717, 1.165) is 18.0 Å². The Morgan fingerprint density at radius 3 is 2.76 bits per heavy atom. The molecule has 25 heavy (non-hydrogen) atoms. The number of thiophene rings is 2. The molecule has 0 aliphatic carbocycles. The predicted octanol–water partition coefficient (Wildman–Crippen LogP) is 2.18. The zero-order valence-corrected chi connectivity index (χ0v) is 15.8. The van der Waals surface area contributed by atoms with Crippen molar-refractivity contribution in [1.29, 1.82) is 0 Å². The minimum absolute atomic E-state index is 0. The minimum atomic E-state index is 0. The van der Waals surface area contributed by atoms with Crippen molar-refractivity contribution < 1.29 is 9.32 Å². The van der Waals surface area contributed by atoms with Crippen LogP contribution in [0.5, 0.6) is 0 Å². The summed E-state index contributed by atoms with van der Waals surface area (Å²) in [5.41, 5.74) is 5.47. The number of halogens is 1. The molecule has 0 saturated carbocycles. The van der Waals surface area contributed by atoms with Crippen LogP contribution in [0, 0.1) is 0 Å². The van der Waals surface area contributed by atoms with E-state index in [4.69, 9.17) is 10.3 Å². The van der Waals surface area contributed by atoms with Gasteiger partial charge in [0.05, 0.1) is 18.0 Å². The van der Waals surface area contributed by atoms with E-state index in [-0.39, 0.29) is 24.9 Å². The van der Waals surface area contributed by atoms with E-state index in [2.05, 4.69) is 26.5 Å². The molecule has 0 radical (unpaired) electrons. The maximum Gasteiger partial charge on any atom is 0.264 e. The summed E-state index contributed by atoms with van der Waals surface area (Å²) in [6, 6.07) is 4.08. The smallest absolute Gasteiger partial charge is 0.264 e. The van der Waals surface area contributed by atoms with Crippen molar-refractivity contribution in [2.45, 2.75) is 13.1 Å². The Bertz CT molecular complexity index is 824. The molecule has 2 N–H and O–H groups in total. The highest BCUT2D eigenvalue weighted by Crippen LogP contribution is 2.30. The van der Waals surface area contributed by atoms with Gasteiger partial charge in [-0.15, -0.1) is 35.1 Å². The molecule has 1 amide bonds. The fraction of sp³-hybridized carbons (Fsp3) is 0.400. The van der Waals surface area contributed by atoms with E-state index in [9.17, 15) is 4.79 Å². The normalized spacial score (nSPS) is 15.5. The van der Waals surface area contributed by atoms with Crippen molar-refractivity contribution in [2.75, 3.05) is 26.2 Å². The van der Waals surface area contributed by atoms with Crippen molar-refractivity contribution in [3.63, 3.8) is 0 Å². The summed E-state index contributed by atoms with van der Waals surface area (Å²) in [5, 5.41) is 5.97. The summed E-state index contributed by atoms with van der Waals surface area (Å²) in [7, 11) is 0. The van der Waals surface area contributed by atoms with Gasteiger partial charge in [0.1, 0.15) is 0 Å². The highest BCUT2D eigenvalue weighted by Gasteiger charge is 2.24. The molecule has 134 valence electrons. The number of amides is 1. The standard InChI is InChI=1S/C15H17N5O2S2.ClH/c16-8-14-17-13(18-22-14)9-19-2-4-20(5-3-19)15(21)12-7-11-10(24-12)1-6-23-11;/h1,6-7H,2-5,8-9,16H2;1H. The number of hydrogen-bond acceptors (Lipinski definition) is 8. The molecule has 0 bridgehead atoms. The number of piperazine rings is 1. The van der Waals surface area contributed by atoms with Crippen LogP contribution in [0.1, 0.15) is 21.4 Å². The first-order chi connectivity index (χ1) is 11.7. The number of carbonyl (C=O) groups excluding carboxylic acids is 1. The van der Waals surface area contributed by atoms with Gasteiger partial charge in [-0.25, -0.2) is 0 Å². The largest absolute Gasteiger partial charge is 0.338 e. The van der Waals surface area contributed by atoms with Crippen LogP contribution in [-0.2, 0) is 13.1 Å². The van der Waals surface area contributed by atoms with Crippen molar-refractivity contribution in [3.8, 4) is 0 Å². The number of nitrogens with zero attached hydrogens (tertiary/aromatic N) is 4. The maximum absolute atomic E-state index is 12.6. The second-order valence-corrected chi connectivity index (χ2v) is 7.67. The molecule has 0 unspecified atom stereocenters. The third-order valence-electron chi connectivity index (χ3n) is 4.06. The lowest BCUT2D eigenvalue weighted by Crippen LogP contribution is -2.48. The Morgan fingerprint density at radius 2 is 2.08 bits per heavy atom. The number of nitrogens with two attached hydrogens (primary N) is 1. The topological polar surface area (TPSA) is 88.5 Å². The third kappa shape index (κ3) is 3.85. The van der Waals surface area contributed by atoms with Crippen LogP contribution in [0.15, 0.2) is 22.0 Å². The molecular formula is C15H18ClN5O2S2. The number of fused-ring (bicyclic) bond motifs is 1. The molecule has 4 heterocycles. The fourth-order valence-corrected chi connectivity index (χ4v) is 4.85. The van der Waals surface area contributed by atoms with E-state index in [1.54, 1.807) is 22.7 Å². The second-order valence-electron chi connectivity index (χ2n) is 5.64. The first kappa shape index (κ1) is 18.3. The molecule has 1 saturated heterocycles. The quantitative estimate of drug-likeness (QED) is 0.723. The Kier molecular flexibility index (Phi) is 5.70. The van der Waals surface area contributed by atoms with Gasteiger partial charge in [0.25, 0.3) is 5.91 Å². The Labute approximate surface area is 158 Å².